The topological polar surface area (TPSA) is 46.2 Å². The second-order valence-electron chi connectivity index (χ2n) is 6.51. The molecule has 0 saturated heterocycles. The summed E-state index contributed by atoms with van der Waals surface area (Å²) in [6.07, 6.45) is 5.23. The Morgan fingerprint density at radius 1 is 1.24 bits per heavy atom. The maximum Gasteiger partial charge on any atom is 0.150 e. The van der Waals surface area contributed by atoms with Gasteiger partial charge in [-0.1, -0.05) is 27.2 Å². The summed E-state index contributed by atoms with van der Waals surface area (Å²) in [5.41, 5.74) is 0.179. The summed E-state index contributed by atoms with van der Waals surface area (Å²) in [5.74, 6) is 0.480. The van der Waals surface area contributed by atoms with E-state index >= 15 is 0 Å². The molecule has 0 radical (unpaired) electrons. The van der Waals surface area contributed by atoms with Crippen molar-refractivity contribution in [2.75, 3.05) is 13.3 Å². The van der Waals surface area contributed by atoms with Gasteiger partial charge in [0.1, 0.15) is 9.84 Å². The van der Waals surface area contributed by atoms with Gasteiger partial charge in [0, 0.05) is 12.3 Å². The molecule has 102 valence electrons. The molecule has 1 saturated carbocycles. The Bertz CT molecular complexity index is 343. The molecule has 1 fully saturated rings. The van der Waals surface area contributed by atoms with E-state index in [0.29, 0.717) is 12.0 Å². The molecule has 0 aromatic rings. The molecule has 0 aliphatic heterocycles. The molecule has 1 aliphatic carbocycles. The van der Waals surface area contributed by atoms with Gasteiger partial charge in [0.25, 0.3) is 0 Å². The average molecular weight is 261 g/mol. The zero-order valence-electron chi connectivity index (χ0n) is 11.8. The molecule has 3 unspecified atom stereocenters. The standard InChI is InChI=1S/C13H27NO2S/c1-13(2,3)12(14-4)10-7-6-8-11(9-10)17(5,15)16/h10-12,14H,6-9H2,1-5H3. The lowest BCUT2D eigenvalue weighted by Gasteiger charge is -2.40. The molecule has 1 aliphatic rings. The predicted octanol–water partition coefficient (Wildman–Crippen LogP) is 2.22. The number of rotatable bonds is 3. The van der Waals surface area contributed by atoms with Gasteiger partial charge in [-0.15, -0.1) is 0 Å². The number of sulfone groups is 1. The van der Waals surface area contributed by atoms with E-state index < -0.39 is 9.84 Å². The number of hydrogen-bond acceptors (Lipinski definition) is 3. The van der Waals surface area contributed by atoms with Crippen LogP contribution < -0.4 is 5.32 Å². The van der Waals surface area contributed by atoms with Crippen molar-refractivity contribution in [2.24, 2.45) is 11.3 Å². The molecule has 1 rings (SSSR count). The van der Waals surface area contributed by atoms with E-state index in [0.717, 1.165) is 25.7 Å². The Hall–Kier alpha value is -0.0900. The van der Waals surface area contributed by atoms with E-state index in [1.54, 1.807) is 0 Å². The van der Waals surface area contributed by atoms with Crippen LogP contribution in [0.25, 0.3) is 0 Å². The van der Waals surface area contributed by atoms with Gasteiger partial charge >= 0.3 is 0 Å². The van der Waals surface area contributed by atoms with Crippen molar-refractivity contribution in [1.29, 1.82) is 0 Å². The molecule has 0 aromatic heterocycles. The predicted molar refractivity (Wildman–Crippen MR) is 72.9 cm³/mol. The minimum absolute atomic E-state index is 0.126. The summed E-state index contributed by atoms with van der Waals surface area (Å²) in [5, 5.41) is 3.26. The van der Waals surface area contributed by atoms with Crippen LogP contribution in [0.5, 0.6) is 0 Å². The Morgan fingerprint density at radius 3 is 2.24 bits per heavy atom. The quantitative estimate of drug-likeness (QED) is 0.847. The van der Waals surface area contributed by atoms with Gasteiger partial charge in [0.2, 0.25) is 0 Å². The maximum absolute atomic E-state index is 11.7. The third-order valence-corrected chi connectivity index (χ3v) is 5.63. The minimum atomic E-state index is -2.87. The molecule has 3 atom stereocenters. The Kier molecular flexibility index (Phi) is 4.64. The zero-order chi connectivity index (χ0) is 13.3. The van der Waals surface area contributed by atoms with Gasteiger partial charge in [-0.3, -0.25) is 0 Å². The van der Waals surface area contributed by atoms with Crippen LogP contribution in [0.15, 0.2) is 0 Å². The fourth-order valence-electron chi connectivity index (χ4n) is 3.25. The first-order valence-corrected chi connectivity index (χ1v) is 8.48. The summed E-state index contributed by atoms with van der Waals surface area (Å²) in [7, 11) is -0.888. The van der Waals surface area contributed by atoms with Gasteiger partial charge in [-0.05, 0) is 37.6 Å². The van der Waals surface area contributed by atoms with E-state index in [1.165, 1.54) is 6.26 Å². The van der Waals surface area contributed by atoms with Crippen molar-refractivity contribution in [1.82, 2.24) is 5.32 Å². The van der Waals surface area contributed by atoms with E-state index in [1.807, 2.05) is 7.05 Å². The highest BCUT2D eigenvalue weighted by Crippen LogP contribution is 2.36. The summed E-state index contributed by atoms with van der Waals surface area (Å²) >= 11 is 0. The first-order chi connectivity index (χ1) is 7.66. The fraction of sp³-hybridized carbons (Fsp3) is 1.00. The van der Waals surface area contributed by atoms with Crippen molar-refractivity contribution in [3.63, 3.8) is 0 Å². The lowest BCUT2D eigenvalue weighted by Crippen LogP contribution is -2.47. The number of hydrogen-bond donors (Lipinski definition) is 1. The van der Waals surface area contributed by atoms with Crippen molar-refractivity contribution < 1.29 is 8.42 Å². The van der Waals surface area contributed by atoms with Crippen LogP contribution >= 0.6 is 0 Å². The van der Waals surface area contributed by atoms with Gasteiger partial charge in [0.15, 0.2) is 0 Å². The Balaban J connectivity index is 2.79. The Labute approximate surface area is 106 Å². The second-order valence-corrected chi connectivity index (χ2v) is 8.84. The van der Waals surface area contributed by atoms with Gasteiger partial charge in [-0.25, -0.2) is 8.42 Å². The first-order valence-electron chi connectivity index (χ1n) is 6.52. The summed E-state index contributed by atoms with van der Waals surface area (Å²) < 4.78 is 23.3. The molecule has 17 heavy (non-hydrogen) atoms. The SMILES string of the molecule is CNC(C1CCCC(S(C)(=O)=O)C1)C(C)(C)C. The number of nitrogens with one attached hydrogen (secondary N) is 1. The molecule has 1 N–H and O–H groups in total. The van der Waals surface area contributed by atoms with Gasteiger partial charge in [-0.2, -0.15) is 0 Å². The van der Waals surface area contributed by atoms with Crippen LogP contribution in [0, 0.1) is 11.3 Å². The zero-order valence-corrected chi connectivity index (χ0v) is 12.6. The second kappa shape index (κ2) is 5.27. The van der Waals surface area contributed by atoms with Crippen molar-refractivity contribution in [2.45, 2.75) is 57.7 Å². The normalized spacial score (nSPS) is 29.0. The van der Waals surface area contributed by atoms with Crippen molar-refractivity contribution >= 4 is 9.84 Å². The third-order valence-electron chi connectivity index (χ3n) is 3.99. The van der Waals surface area contributed by atoms with Crippen LogP contribution in [-0.4, -0.2) is 33.0 Å². The maximum atomic E-state index is 11.7. The monoisotopic (exact) mass is 261 g/mol. The molecule has 0 heterocycles. The highest BCUT2D eigenvalue weighted by molar-refractivity contribution is 7.91. The van der Waals surface area contributed by atoms with Gasteiger partial charge < -0.3 is 5.32 Å². The van der Waals surface area contributed by atoms with Crippen LogP contribution in [-0.2, 0) is 9.84 Å². The van der Waals surface area contributed by atoms with E-state index in [2.05, 4.69) is 26.1 Å². The summed E-state index contributed by atoms with van der Waals surface area (Å²) in [4.78, 5) is 0. The first kappa shape index (κ1) is 15.0. The van der Waals surface area contributed by atoms with Crippen molar-refractivity contribution in [3.05, 3.63) is 0 Å². The molecule has 4 heteroatoms. The molecule has 3 nitrogen and oxygen atoms in total. The molecule has 0 aromatic carbocycles. The lowest BCUT2D eigenvalue weighted by atomic mass is 9.73. The highest BCUT2D eigenvalue weighted by Gasteiger charge is 2.37. The molecular weight excluding hydrogens is 234 g/mol. The lowest BCUT2D eigenvalue weighted by molar-refractivity contribution is 0.167. The molecule has 0 bridgehead atoms. The van der Waals surface area contributed by atoms with E-state index in [9.17, 15) is 8.42 Å². The Morgan fingerprint density at radius 2 is 1.82 bits per heavy atom. The highest BCUT2D eigenvalue weighted by atomic mass is 32.2. The van der Waals surface area contributed by atoms with Gasteiger partial charge in [0.05, 0.1) is 5.25 Å². The smallest absolute Gasteiger partial charge is 0.150 e. The van der Waals surface area contributed by atoms with Crippen LogP contribution in [0.2, 0.25) is 0 Å². The van der Waals surface area contributed by atoms with E-state index in [-0.39, 0.29) is 10.7 Å². The fourth-order valence-corrected chi connectivity index (χ4v) is 4.44. The van der Waals surface area contributed by atoms with Crippen LogP contribution in [0.1, 0.15) is 46.5 Å². The minimum Gasteiger partial charge on any atom is -0.316 e. The van der Waals surface area contributed by atoms with Crippen LogP contribution in [0.4, 0.5) is 0 Å². The molecule has 0 amide bonds. The van der Waals surface area contributed by atoms with Crippen LogP contribution in [0.3, 0.4) is 0 Å². The summed E-state index contributed by atoms with van der Waals surface area (Å²) in [6, 6.07) is 0.395. The largest absolute Gasteiger partial charge is 0.316 e. The summed E-state index contributed by atoms with van der Waals surface area (Å²) in [6.45, 7) is 6.66. The molecule has 0 spiro atoms. The third kappa shape index (κ3) is 3.95. The average Bonchev–Trinajstić information content (AvgIpc) is 2.15. The molecular formula is C13H27NO2S. The van der Waals surface area contributed by atoms with Crippen molar-refractivity contribution in [3.8, 4) is 0 Å². The van der Waals surface area contributed by atoms with E-state index in [4.69, 9.17) is 0 Å².